The van der Waals surface area contributed by atoms with Crippen LogP contribution in [0.1, 0.15) is 10.9 Å². The first-order chi connectivity index (χ1) is 7.84. The van der Waals surface area contributed by atoms with Crippen molar-refractivity contribution in [3.63, 3.8) is 0 Å². The van der Waals surface area contributed by atoms with Crippen LogP contribution in [0.2, 0.25) is 0 Å². The van der Waals surface area contributed by atoms with E-state index in [4.69, 9.17) is 0 Å². The molecule has 1 atom stereocenters. The predicted octanol–water partition coefficient (Wildman–Crippen LogP) is 3.50. The first-order valence-electron chi connectivity index (χ1n) is 5.15. The van der Waals surface area contributed by atoms with E-state index in [0.717, 1.165) is 4.88 Å². The lowest BCUT2D eigenvalue weighted by Crippen LogP contribution is -2.18. The second-order valence-electron chi connectivity index (χ2n) is 3.74. The van der Waals surface area contributed by atoms with Gasteiger partial charge in [-0.25, -0.2) is 0 Å². The average molecular weight is 229 g/mol. The van der Waals surface area contributed by atoms with Gasteiger partial charge in [0.25, 0.3) is 0 Å². The second-order valence-corrected chi connectivity index (χ2v) is 4.85. The molecule has 0 radical (unpaired) electrons. The Morgan fingerprint density at radius 3 is 2.94 bits per heavy atom. The van der Waals surface area contributed by atoms with Crippen molar-refractivity contribution in [2.45, 2.75) is 6.04 Å². The fraction of sp³-hybridized carbons (Fsp3) is 0.0769. The number of rotatable bonds is 1. The summed E-state index contributed by atoms with van der Waals surface area (Å²) in [7, 11) is 0. The maximum Gasteiger partial charge on any atom is 0.120 e. The number of hydrogen-bond acceptors (Lipinski definition) is 3. The summed E-state index contributed by atoms with van der Waals surface area (Å²) in [5.74, 6) is 0.369. The van der Waals surface area contributed by atoms with Crippen molar-refractivity contribution < 1.29 is 5.11 Å². The SMILES string of the molecule is OC1=CC=CNC1c1cc2ccccc2s1. The molecule has 80 valence electrons. The van der Waals surface area contributed by atoms with Crippen LogP contribution in [0.3, 0.4) is 0 Å². The smallest absolute Gasteiger partial charge is 0.120 e. The average Bonchev–Trinajstić information content (AvgIpc) is 2.73. The van der Waals surface area contributed by atoms with E-state index < -0.39 is 0 Å². The van der Waals surface area contributed by atoms with E-state index in [0.29, 0.717) is 5.76 Å². The maximum atomic E-state index is 9.80. The van der Waals surface area contributed by atoms with E-state index in [1.807, 2.05) is 18.3 Å². The number of nitrogens with one attached hydrogen (secondary N) is 1. The Morgan fingerprint density at radius 1 is 1.25 bits per heavy atom. The Kier molecular flexibility index (Phi) is 2.18. The Hall–Kier alpha value is -1.74. The molecular formula is C13H11NOS. The Labute approximate surface area is 97.5 Å². The summed E-state index contributed by atoms with van der Waals surface area (Å²) in [5.41, 5.74) is 0. The summed E-state index contributed by atoms with van der Waals surface area (Å²) in [6, 6.07) is 10.3. The lowest BCUT2D eigenvalue weighted by atomic mass is 10.1. The zero-order valence-electron chi connectivity index (χ0n) is 8.55. The summed E-state index contributed by atoms with van der Waals surface area (Å²) in [5, 5.41) is 14.2. The van der Waals surface area contributed by atoms with Crippen molar-refractivity contribution in [1.29, 1.82) is 0 Å². The van der Waals surface area contributed by atoms with Crippen LogP contribution in [0.25, 0.3) is 10.1 Å². The van der Waals surface area contributed by atoms with Crippen molar-refractivity contribution in [1.82, 2.24) is 5.32 Å². The highest BCUT2D eigenvalue weighted by atomic mass is 32.1. The molecule has 2 nitrogen and oxygen atoms in total. The predicted molar refractivity (Wildman–Crippen MR) is 67.6 cm³/mol. The van der Waals surface area contributed by atoms with Crippen LogP contribution < -0.4 is 5.32 Å². The summed E-state index contributed by atoms with van der Waals surface area (Å²) < 4.78 is 1.25. The highest BCUT2D eigenvalue weighted by Gasteiger charge is 2.18. The largest absolute Gasteiger partial charge is 0.510 e. The number of aliphatic hydroxyl groups excluding tert-OH is 1. The molecule has 2 aromatic rings. The fourth-order valence-corrected chi connectivity index (χ4v) is 2.99. The minimum absolute atomic E-state index is 0.0950. The van der Waals surface area contributed by atoms with Gasteiger partial charge in [0.05, 0.1) is 0 Å². The molecule has 1 aliphatic rings. The van der Waals surface area contributed by atoms with Gasteiger partial charge in [0, 0.05) is 9.58 Å². The van der Waals surface area contributed by atoms with Gasteiger partial charge in [0.2, 0.25) is 0 Å². The van der Waals surface area contributed by atoms with Gasteiger partial charge in [-0.3, -0.25) is 0 Å². The molecule has 0 aliphatic carbocycles. The van der Waals surface area contributed by atoms with Gasteiger partial charge >= 0.3 is 0 Å². The molecule has 2 heterocycles. The van der Waals surface area contributed by atoms with E-state index in [9.17, 15) is 5.11 Å². The lowest BCUT2D eigenvalue weighted by molar-refractivity contribution is 0.354. The third kappa shape index (κ3) is 1.49. The molecule has 1 aliphatic heterocycles. The Bertz CT molecular complexity index is 549. The molecule has 1 unspecified atom stereocenters. The Morgan fingerprint density at radius 2 is 2.12 bits per heavy atom. The van der Waals surface area contributed by atoms with Crippen molar-refractivity contribution >= 4 is 21.4 Å². The van der Waals surface area contributed by atoms with Gasteiger partial charge in [-0.2, -0.15) is 0 Å². The molecule has 3 heteroatoms. The number of hydrogen-bond donors (Lipinski definition) is 2. The lowest BCUT2D eigenvalue weighted by Gasteiger charge is -2.17. The van der Waals surface area contributed by atoms with Gasteiger partial charge in [-0.05, 0) is 35.9 Å². The molecule has 0 spiro atoms. The van der Waals surface area contributed by atoms with Crippen LogP contribution in [0.4, 0.5) is 0 Å². The number of thiophene rings is 1. The van der Waals surface area contributed by atoms with E-state index in [1.165, 1.54) is 10.1 Å². The molecule has 2 N–H and O–H groups in total. The van der Waals surface area contributed by atoms with Crippen LogP contribution >= 0.6 is 11.3 Å². The van der Waals surface area contributed by atoms with E-state index in [2.05, 4.69) is 23.5 Å². The van der Waals surface area contributed by atoms with Crippen LogP contribution in [0, 0.1) is 0 Å². The van der Waals surface area contributed by atoms with Crippen molar-refractivity contribution in [2.24, 2.45) is 0 Å². The van der Waals surface area contributed by atoms with E-state index >= 15 is 0 Å². The topological polar surface area (TPSA) is 32.3 Å². The Balaban J connectivity index is 2.06. The second kappa shape index (κ2) is 3.68. The highest BCUT2D eigenvalue weighted by molar-refractivity contribution is 7.19. The van der Waals surface area contributed by atoms with Crippen molar-refractivity contribution in [2.75, 3.05) is 0 Å². The van der Waals surface area contributed by atoms with Crippen LogP contribution in [-0.2, 0) is 0 Å². The van der Waals surface area contributed by atoms with Gasteiger partial charge in [-0.15, -0.1) is 11.3 Å². The molecule has 0 saturated heterocycles. The normalized spacial score (nSPS) is 19.5. The summed E-state index contributed by atoms with van der Waals surface area (Å²) in [6.45, 7) is 0. The molecule has 0 amide bonds. The van der Waals surface area contributed by atoms with E-state index in [-0.39, 0.29) is 6.04 Å². The quantitative estimate of drug-likeness (QED) is 0.784. The number of benzene rings is 1. The highest BCUT2D eigenvalue weighted by Crippen LogP contribution is 2.33. The minimum atomic E-state index is -0.0950. The summed E-state index contributed by atoms with van der Waals surface area (Å²) in [6.07, 6.45) is 5.39. The molecular weight excluding hydrogens is 218 g/mol. The molecule has 1 aromatic carbocycles. The maximum absolute atomic E-state index is 9.80. The fourth-order valence-electron chi connectivity index (χ4n) is 1.85. The van der Waals surface area contributed by atoms with Gasteiger partial charge in [0.15, 0.2) is 0 Å². The number of allylic oxidation sites excluding steroid dienone is 2. The molecule has 0 saturated carbocycles. The summed E-state index contributed by atoms with van der Waals surface area (Å²) in [4.78, 5) is 1.14. The van der Waals surface area contributed by atoms with Gasteiger partial charge in [0.1, 0.15) is 11.8 Å². The zero-order chi connectivity index (χ0) is 11.0. The number of aliphatic hydroxyl groups is 1. The third-order valence-electron chi connectivity index (χ3n) is 2.65. The van der Waals surface area contributed by atoms with Gasteiger partial charge in [-0.1, -0.05) is 18.2 Å². The zero-order valence-corrected chi connectivity index (χ0v) is 9.37. The molecule has 0 bridgehead atoms. The van der Waals surface area contributed by atoms with Crippen LogP contribution in [0.15, 0.2) is 54.4 Å². The first-order valence-corrected chi connectivity index (χ1v) is 5.96. The number of dihydropyridines is 1. The molecule has 1 aromatic heterocycles. The van der Waals surface area contributed by atoms with Crippen molar-refractivity contribution in [3.8, 4) is 0 Å². The van der Waals surface area contributed by atoms with Gasteiger partial charge < -0.3 is 10.4 Å². The van der Waals surface area contributed by atoms with Crippen LogP contribution in [-0.4, -0.2) is 5.11 Å². The monoisotopic (exact) mass is 229 g/mol. The number of fused-ring (bicyclic) bond motifs is 1. The molecule has 3 rings (SSSR count). The third-order valence-corrected chi connectivity index (χ3v) is 3.83. The standard InChI is InChI=1S/C13H11NOS/c15-10-5-3-7-14-13(10)12-8-9-4-1-2-6-11(9)16-12/h1-8,13-15H. The molecule has 16 heavy (non-hydrogen) atoms. The first kappa shape index (κ1) is 9.48. The molecule has 0 fully saturated rings. The van der Waals surface area contributed by atoms with Crippen molar-refractivity contribution in [3.05, 3.63) is 59.3 Å². The minimum Gasteiger partial charge on any atom is -0.510 e. The van der Waals surface area contributed by atoms with Crippen LogP contribution in [0.5, 0.6) is 0 Å². The summed E-state index contributed by atoms with van der Waals surface area (Å²) >= 11 is 1.71. The van der Waals surface area contributed by atoms with E-state index in [1.54, 1.807) is 23.5 Å².